The Hall–Kier alpha value is -3.87. The lowest BCUT2D eigenvalue weighted by Gasteiger charge is -2.32. The fourth-order valence-electron chi connectivity index (χ4n) is 4.93. The zero-order chi connectivity index (χ0) is 26.2. The Morgan fingerprint density at radius 3 is 2.76 bits per heavy atom. The number of aromatic amines is 1. The standard InChI is InChI=1S/C32H34FN3O2/c1-37-29-16-17-32-30(21-29)26(22-34-32)20-28-10-5-6-18-36(28)19-7-11-31(25-12-14-27(33)15-13-25)35-38-23-24-8-3-2-4-9-24/h2-5,8-17,21-22,28,34-35H,6-7,18-20,23H2,1H3. The van der Waals surface area contributed by atoms with E-state index < -0.39 is 0 Å². The van der Waals surface area contributed by atoms with Gasteiger partial charge in [-0.05, 0) is 78.4 Å². The molecule has 2 heterocycles. The fourth-order valence-corrected chi connectivity index (χ4v) is 4.93. The van der Waals surface area contributed by atoms with Crippen LogP contribution in [0.1, 0.15) is 29.5 Å². The molecule has 0 saturated carbocycles. The van der Waals surface area contributed by atoms with Crippen LogP contribution < -0.4 is 10.2 Å². The third kappa shape index (κ3) is 6.52. The lowest BCUT2D eigenvalue weighted by Crippen LogP contribution is -2.39. The van der Waals surface area contributed by atoms with Gasteiger partial charge in [0.05, 0.1) is 19.4 Å². The normalized spacial score (nSPS) is 16.2. The van der Waals surface area contributed by atoms with Crippen LogP contribution >= 0.6 is 0 Å². The molecule has 38 heavy (non-hydrogen) atoms. The topological polar surface area (TPSA) is 49.5 Å². The van der Waals surface area contributed by atoms with Crippen molar-refractivity contribution in [3.8, 4) is 5.75 Å². The van der Waals surface area contributed by atoms with E-state index in [-0.39, 0.29) is 5.82 Å². The molecule has 3 aromatic carbocycles. The van der Waals surface area contributed by atoms with Crippen molar-refractivity contribution in [3.05, 3.63) is 120 Å². The van der Waals surface area contributed by atoms with Gasteiger partial charge in [0.1, 0.15) is 11.6 Å². The molecule has 0 radical (unpaired) electrons. The zero-order valence-corrected chi connectivity index (χ0v) is 21.7. The van der Waals surface area contributed by atoms with Crippen LogP contribution in [0.25, 0.3) is 16.6 Å². The van der Waals surface area contributed by atoms with Gasteiger partial charge in [-0.2, -0.15) is 0 Å². The number of hydrogen-bond acceptors (Lipinski definition) is 4. The maximum Gasteiger partial charge on any atom is 0.123 e. The van der Waals surface area contributed by atoms with Crippen molar-refractivity contribution in [2.45, 2.75) is 31.9 Å². The number of fused-ring (bicyclic) bond motifs is 1. The maximum absolute atomic E-state index is 13.6. The highest BCUT2D eigenvalue weighted by Crippen LogP contribution is 2.26. The summed E-state index contributed by atoms with van der Waals surface area (Å²) >= 11 is 0. The number of aromatic nitrogens is 1. The first-order chi connectivity index (χ1) is 18.7. The molecule has 4 aromatic rings. The summed E-state index contributed by atoms with van der Waals surface area (Å²) in [5.41, 5.74) is 8.34. The van der Waals surface area contributed by atoms with Crippen LogP contribution in [0.5, 0.6) is 5.75 Å². The van der Waals surface area contributed by atoms with E-state index in [2.05, 4.69) is 51.9 Å². The van der Waals surface area contributed by atoms with Crippen molar-refractivity contribution in [3.63, 3.8) is 0 Å². The van der Waals surface area contributed by atoms with E-state index in [0.717, 1.165) is 60.4 Å². The lowest BCUT2D eigenvalue weighted by molar-refractivity contribution is 0.0644. The number of nitrogens with one attached hydrogen (secondary N) is 2. The molecule has 1 aliphatic heterocycles. The quantitative estimate of drug-likeness (QED) is 0.175. The van der Waals surface area contributed by atoms with E-state index in [9.17, 15) is 4.39 Å². The Balaban J connectivity index is 1.26. The van der Waals surface area contributed by atoms with Gasteiger partial charge in [-0.1, -0.05) is 48.6 Å². The number of halogens is 1. The smallest absolute Gasteiger partial charge is 0.123 e. The molecular formula is C32H34FN3O2. The summed E-state index contributed by atoms with van der Waals surface area (Å²) in [6.07, 6.45) is 11.7. The van der Waals surface area contributed by atoms with Gasteiger partial charge >= 0.3 is 0 Å². The number of rotatable bonds is 11. The van der Waals surface area contributed by atoms with Crippen LogP contribution in [0.4, 0.5) is 4.39 Å². The first-order valence-corrected chi connectivity index (χ1v) is 13.1. The third-order valence-corrected chi connectivity index (χ3v) is 7.00. The molecule has 1 aromatic heterocycles. The minimum absolute atomic E-state index is 0.254. The van der Waals surface area contributed by atoms with Gasteiger partial charge in [-0.25, -0.2) is 4.39 Å². The highest BCUT2D eigenvalue weighted by Gasteiger charge is 2.20. The number of benzene rings is 3. The molecule has 5 rings (SSSR count). The highest BCUT2D eigenvalue weighted by molar-refractivity contribution is 5.84. The number of hydrogen-bond donors (Lipinski definition) is 2. The second-order valence-corrected chi connectivity index (χ2v) is 9.54. The monoisotopic (exact) mass is 511 g/mol. The van der Waals surface area contributed by atoms with Crippen molar-refractivity contribution >= 4 is 16.6 Å². The summed E-state index contributed by atoms with van der Waals surface area (Å²) in [6.45, 7) is 2.37. The summed E-state index contributed by atoms with van der Waals surface area (Å²) in [6, 6.07) is 23.0. The van der Waals surface area contributed by atoms with E-state index in [4.69, 9.17) is 9.57 Å². The number of methoxy groups -OCH3 is 1. The highest BCUT2D eigenvalue weighted by atomic mass is 19.1. The molecule has 1 unspecified atom stereocenters. The molecule has 0 amide bonds. The van der Waals surface area contributed by atoms with Gasteiger partial charge < -0.3 is 9.72 Å². The molecule has 1 aliphatic rings. The van der Waals surface area contributed by atoms with Gasteiger partial charge in [-0.3, -0.25) is 15.2 Å². The predicted octanol–water partition coefficient (Wildman–Crippen LogP) is 6.64. The van der Waals surface area contributed by atoms with E-state index >= 15 is 0 Å². The Kier molecular flexibility index (Phi) is 8.53. The second kappa shape index (κ2) is 12.6. The molecule has 5 nitrogen and oxygen atoms in total. The number of H-pyrrole nitrogens is 1. The molecule has 0 saturated heterocycles. The first-order valence-electron chi connectivity index (χ1n) is 13.1. The van der Waals surface area contributed by atoms with Crippen LogP contribution in [0.15, 0.2) is 97.2 Å². The zero-order valence-electron chi connectivity index (χ0n) is 21.7. The van der Waals surface area contributed by atoms with Crippen molar-refractivity contribution in [2.75, 3.05) is 20.2 Å². The van der Waals surface area contributed by atoms with Crippen molar-refractivity contribution in [1.29, 1.82) is 0 Å². The second-order valence-electron chi connectivity index (χ2n) is 9.54. The SMILES string of the molecule is COc1ccc2[nH]cc(CC3C=CCCN3CCC=C(NOCc3ccccc3)c3ccc(F)cc3)c2c1. The summed E-state index contributed by atoms with van der Waals surface area (Å²) in [7, 11) is 1.70. The molecule has 0 fully saturated rings. The van der Waals surface area contributed by atoms with E-state index in [0.29, 0.717) is 12.6 Å². The molecular weight excluding hydrogens is 477 g/mol. The van der Waals surface area contributed by atoms with Crippen molar-refractivity contribution < 1.29 is 14.0 Å². The molecule has 6 heteroatoms. The summed E-state index contributed by atoms with van der Waals surface area (Å²) < 4.78 is 19.0. The number of hydroxylamine groups is 1. The molecule has 0 aliphatic carbocycles. The predicted molar refractivity (Wildman–Crippen MR) is 151 cm³/mol. The van der Waals surface area contributed by atoms with Crippen LogP contribution in [0.3, 0.4) is 0 Å². The average Bonchev–Trinajstić information content (AvgIpc) is 3.36. The minimum atomic E-state index is -0.254. The minimum Gasteiger partial charge on any atom is -0.497 e. The van der Waals surface area contributed by atoms with Gasteiger partial charge in [0.25, 0.3) is 0 Å². The molecule has 1 atom stereocenters. The van der Waals surface area contributed by atoms with E-state index in [1.165, 1.54) is 23.1 Å². The molecule has 0 spiro atoms. The summed E-state index contributed by atoms with van der Waals surface area (Å²) in [4.78, 5) is 11.7. The Bertz CT molecular complexity index is 1380. The number of nitrogens with zero attached hydrogens (tertiary/aromatic N) is 1. The van der Waals surface area contributed by atoms with Gasteiger partial charge in [-0.15, -0.1) is 0 Å². The maximum atomic E-state index is 13.6. The van der Waals surface area contributed by atoms with Crippen LogP contribution in [0.2, 0.25) is 0 Å². The van der Waals surface area contributed by atoms with Gasteiger partial charge in [0.15, 0.2) is 0 Å². The first kappa shape index (κ1) is 25.8. The van der Waals surface area contributed by atoms with Crippen LogP contribution in [-0.2, 0) is 17.9 Å². The Morgan fingerprint density at radius 1 is 1.11 bits per heavy atom. The lowest BCUT2D eigenvalue weighted by atomic mass is 10.00. The molecule has 0 bridgehead atoms. The third-order valence-electron chi connectivity index (χ3n) is 7.00. The van der Waals surface area contributed by atoms with Crippen LogP contribution in [0, 0.1) is 5.82 Å². The van der Waals surface area contributed by atoms with Crippen LogP contribution in [-0.4, -0.2) is 36.1 Å². The molecule has 2 N–H and O–H groups in total. The van der Waals surface area contributed by atoms with Gasteiger partial charge in [0.2, 0.25) is 0 Å². The molecule has 196 valence electrons. The summed E-state index contributed by atoms with van der Waals surface area (Å²) in [5.74, 6) is 0.617. The number of ether oxygens (including phenoxy) is 1. The van der Waals surface area contributed by atoms with E-state index in [1.807, 2.05) is 36.4 Å². The summed E-state index contributed by atoms with van der Waals surface area (Å²) in [5, 5.41) is 1.21. The van der Waals surface area contributed by atoms with Crippen molar-refractivity contribution in [2.24, 2.45) is 0 Å². The Labute approximate surface area is 223 Å². The fraction of sp³-hybridized carbons (Fsp3) is 0.250. The van der Waals surface area contributed by atoms with Crippen molar-refractivity contribution in [1.82, 2.24) is 15.4 Å². The van der Waals surface area contributed by atoms with Gasteiger partial charge in [0, 0.05) is 36.2 Å². The average molecular weight is 512 g/mol. The largest absolute Gasteiger partial charge is 0.497 e. The Morgan fingerprint density at radius 2 is 1.95 bits per heavy atom. The van der Waals surface area contributed by atoms with E-state index in [1.54, 1.807) is 19.2 Å².